The highest BCUT2D eigenvalue weighted by atomic mass is 79.9. The first kappa shape index (κ1) is 22.6. The maximum Gasteiger partial charge on any atom is 0.145 e. The van der Waals surface area contributed by atoms with E-state index in [-0.39, 0.29) is 0 Å². The number of aromatic nitrogens is 4. The Kier molecular flexibility index (Phi) is 5.56. The molecular weight excluding hydrogens is 532 g/mol. The predicted octanol–water partition coefficient (Wildman–Crippen LogP) is 8.73. The molecule has 0 fully saturated rings. The van der Waals surface area contributed by atoms with E-state index >= 15 is 0 Å². The maximum absolute atomic E-state index is 4.73. The van der Waals surface area contributed by atoms with Crippen LogP contribution in [-0.4, -0.2) is 19.5 Å². The molecule has 0 amide bonds. The Hall–Kier alpha value is -4.61. The van der Waals surface area contributed by atoms with Gasteiger partial charge in [0.1, 0.15) is 5.65 Å². The third-order valence-corrected chi connectivity index (χ3v) is 7.30. The summed E-state index contributed by atoms with van der Waals surface area (Å²) < 4.78 is 3.27. The lowest BCUT2D eigenvalue weighted by atomic mass is 9.96. The van der Waals surface area contributed by atoms with Crippen LogP contribution in [0.1, 0.15) is 0 Å². The molecular formula is C33H21BrN4. The molecule has 4 aromatic heterocycles. The summed E-state index contributed by atoms with van der Waals surface area (Å²) in [6, 6.07) is 37.7. The fraction of sp³-hybridized carbons (Fsp3) is 0. The number of nitrogens with zero attached hydrogens (tertiary/aromatic N) is 4. The van der Waals surface area contributed by atoms with Crippen LogP contribution in [0.2, 0.25) is 0 Å². The van der Waals surface area contributed by atoms with E-state index in [1.54, 1.807) is 0 Å². The second kappa shape index (κ2) is 9.36. The first-order chi connectivity index (χ1) is 18.7. The minimum atomic E-state index is 0.935. The van der Waals surface area contributed by atoms with Crippen molar-refractivity contribution >= 4 is 37.9 Å². The van der Waals surface area contributed by atoms with Gasteiger partial charge in [0, 0.05) is 50.6 Å². The van der Waals surface area contributed by atoms with Crippen molar-refractivity contribution in [3.8, 4) is 39.3 Å². The number of hydrogen-bond acceptors (Lipinski definition) is 3. The van der Waals surface area contributed by atoms with E-state index in [9.17, 15) is 0 Å². The first-order valence-electron chi connectivity index (χ1n) is 12.4. The molecule has 0 saturated carbocycles. The smallest absolute Gasteiger partial charge is 0.145 e. The number of rotatable bonds is 4. The van der Waals surface area contributed by atoms with Crippen molar-refractivity contribution in [1.82, 2.24) is 19.5 Å². The van der Waals surface area contributed by atoms with Crippen LogP contribution in [0.25, 0.3) is 61.3 Å². The van der Waals surface area contributed by atoms with Crippen molar-refractivity contribution in [2.45, 2.75) is 0 Å². The van der Waals surface area contributed by atoms with Crippen LogP contribution in [0.3, 0.4) is 0 Å². The summed E-state index contributed by atoms with van der Waals surface area (Å²) in [5, 5.41) is 2.32. The van der Waals surface area contributed by atoms with Crippen LogP contribution in [0, 0.1) is 0 Å². The summed E-state index contributed by atoms with van der Waals surface area (Å²) in [6.07, 6.45) is 5.51. The van der Waals surface area contributed by atoms with E-state index in [1.165, 1.54) is 5.39 Å². The van der Waals surface area contributed by atoms with E-state index in [4.69, 9.17) is 4.98 Å². The summed E-state index contributed by atoms with van der Waals surface area (Å²) in [4.78, 5) is 13.9. The zero-order valence-electron chi connectivity index (χ0n) is 20.3. The van der Waals surface area contributed by atoms with E-state index in [2.05, 4.69) is 97.2 Å². The molecule has 0 aliphatic rings. The topological polar surface area (TPSA) is 43.6 Å². The minimum absolute atomic E-state index is 0.935. The highest BCUT2D eigenvalue weighted by molar-refractivity contribution is 9.10. The van der Waals surface area contributed by atoms with Crippen molar-refractivity contribution in [2.75, 3.05) is 0 Å². The second-order valence-electron chi connectivity index (χ2n) is 9.15. The molecule has 180 valence electrons. The minimum Gasteiger partial charge on any atom is -0.294 e. The van der Waals surface area contributed by atoms with Crippen molar-refractivity contribution in [2.24, 2.45) is 0 Å². The predicted molar refractivity (Wildman–Crippen MR) is 158 cm³/mol. The van der Waals surface area contributed by atoms with Gasteiger partial charge in [-0.25, -0.2) is 4.98 Å². The van der Waals surface area contributed by atoms with Gasteiger partial charge in [-0.15, -0.1) is 0 Å². The van der Waals surface area contributed by atoms with Crippen LogP contribution in [-0.2, 0) is 0 Å². The molecule has 0 aliphatic carbocycles. The first-order valence-corrected chi connectivity index (χ1v) is 13.2. The quantitative estimate of drug-likeness (QED) is 0.219. The average Bonchev–Trinajstić information content (AvgIpc) is 3.31. The third kappa shape index (κ3) is 3.98. The fourth-order valence-electron chi connectivity index (χ4n) is 5.04. The molecule has 0 saturated heterocycles. The Morgan fingerprint density at radius 2 is 1.16 bits per heavy atom. The number of hydrogen-bond donors (Lipinski definition) is 0. The average molecular weight is 553 g/mol. The SMILES string of the molecule is Brc1ccc2c3cccnc3n(-c3ccc(-c4cc(-c5ccccn5)cc(-c5ccccn5)c4)cc3)c2c1. The van der Waals surface area contributed by atoms with Crippen LogP contribution < -0.4 is 0 Å². The number of pyridine rings is 3. The third-order valence-electron chi connectivity index (χ3n) is 6.80. The highest BCUT2D eigenvalue weighted by Crippen LogP contribution is 2.35. The van der Waals surface area contributed by atoms with Crippen LogP contribution >= 0.6 is 15.9 Å². The molecule has 3 aromatic carbocycles. The zero-order chi connectivity index (χ0) is 25.5. The monoisotopic (exact) mass is 552 g/mol. The molecule has 7 rings (SSSR count). The molecule has 4 nitrogen and oxygen atoms in total. The summed E-state index contributed by atoms with van der Waals surface area (Å²) in [5.41, 5.74) is 9.36. The van der Waals surface area contributed by atoms with Crippen LogP contribution in [0.15, 0.2) is 132 Å². The van der Waals surface area contributed by atoms with Crippen molar-refractivity contribution in [3.63, 3.8) is 0 Å². The molecule has 4 heterocycles. The van der Waals surface area contributed by atoms with Gasteiger partial charge in [-0.1, -0.05) is 46.3 Å². The number of halogens is 1. The molecule has 0 spiro atoms. The van der Waals surface area contributed by atoms with Gasteiger partial charge in [-0.2, -0.15) is 0 Å². The van der Waals surface area contributed by atoms with Gasteiger partial charge < -0.3 is 0 Å². The van der Waals surface area contributed by atoms with E-state index in [1.807, 2.05) is 61.1 Å². The zero-order valence-corrected chi connectivity index (χ0v) is 21.9. The Bertz CT molecular complexity index is 1850. The fourth-order valence-corrected chi connectivity index (χ4v) is 5.39. The lowest BCUT2D eigenvalue weighted by molar-refractivity contribution is 1.14. The van der Waals surface area contributed by atoms with Gasteiger partial charge >= 0.3 is 0 Å². The number of fused-ring (bicyclic) bond motifs is 3. The lowest BCUT2D eigenvalue weighted by Crippen LogP contribution is -1.95. The van der Waals surface area contributed by atoms with E-state index < -0.39 is 0 Å². The maximum atomic E-state index is 4.73. The van der Waals surface area contributed by atoms with E-state index in [0.29, 0.717) is 0 Å². The standard InChI is InChI=1S/C33H21BrN4/c34-26-11-14-28-29-6-5-17-37-33(29)38(32(28)21-26)27-12-9-22(10-13-27)23-18-24(30-7-1-3-15-35-30)20-25(19-23)31-8-2-4-16-36-31/h1-21H. The molecule has 5 heteroatoms. The second-order valence-corrected chi connectivity index (χ2v) is 10.1. The van der Waals surface area contributed by atoms with Crippen LogP contribution in [0.5, 0.6) is 0 Å². The molecule has 0 aliphatic heterocycles. The molecule has 38 heavy (non-hydrogen) atoms. The molecule has 0 unspecified atom stereocenters. The molecule has 0 N–H and O–H groups in total. The summed E-state index contributed by atoms with van der Waals surface area (Å²) in [5.74, 6) is 0. The number of benzene rings is 3. The van der Waals surface area contributed by atoms with Gasteiger partial charge in [0.25, 0.3) is 0 Å². The Morgan fingerprint density at radius 3 is 1.82 bits per heavy atom. The molecule has 0 atom stereocenters. The van der Waals surface area contributed by atoms with Gasteiger partial charge in [-0.3, -0.25) is 14.5 Å². The van der Waals surface area contributed by atoms with Gasteiger partial charge in [-0.05, 0) is 90.0 Å². The van der Waals surface area contributed by atoms with Crippen molar-refractivity contribution < 1.29 is 0 Å². The normalized spacial score (nSPS) is 11.3. The lowest BCUT2D eigenvalue weighted by Gasteiger charge is -2.12. The van der Waals surface area contributed by atoms with Crippen molar-refractivity contribution in [1.29, 1.82) is 0 Å². The summed E-state index contributed by atoms with van der Waals surface area (Å²) in [6.45, 7) is 0. The molecule has 0 radical (unpaired) electrons. The Balaban J connectivity index is 1.37. The van der Waals surface area contributed by atoms with Gasteiger partial charge in [0.2, 0.25) is 0 Å². The largest absolute Gasteiger partial charge is 0.294 e. The summed E-state index contributed by atoms with van der Waals surface area (Å²) >= 11 is 3.65. The molecule has 7 aromatic rings. The van der Waals surface area contributed by atoms with Crippen LogP contribution in [0.4, 0.5) is 0 Å². The van der Waals surface area contributed by atoms with Crippen molar-refractivity contribution in [3.05, 3.63) is 132 Å². The molecule has 0 bridgehead atoms. The highest BCUT2D eigenvalue weighted by Gasteiger charge is 2.14. The summed E-state index contributed by atoms with van der Waals surface area (Å²) in [7, 11) is 0. The van der Waals surface area contributed by atoms with Gasteiger partial charge in [0.15, 0.2) is 0 Å². The van der Waals surface area contributed by atoms with E-state index in [0.717, 1.165) is 60.4 Å². The Morgan fingerprint density at radius 1 is 0.500 bits per heavy atom. The van der Waals surface area contributed by atoms with Gasteiger partial charge in [0.05, 0.1) is 16.9 Å². The Labute approximate surface area is 228 Å².